The summed E-state index contributed by atoms with van der Waals surface area (Å²) >= 11 is 0. The third-order valence-electron chi connectivity index (χ3n) is 10.5. The van der Waals surface area contributed by atoms with Gasteiger partial charge in [-0.3, -0.25) is 19.3 Å². The van der Waals surface area contributed by atoms with Crippen LogP contribution in [0.1, 0.15) is 82.6 Å². The van der Waals surface area contributed by atoms with Crippen molar-refractivity contribution in [1.82, 2.24) is 5.32 Å². The Hall–Kier alpha value is -3.45. The summed E-state index contributed by atoms with van der Waals surface area (Å²) in [4.78, 5) is 44.2. The monoisotopic (exact) mass is 567 g/mol. The van der Waals surface area contributed by atoms with Gasteiger partial charge >= 0.3 is 0 Å². The average Bonchev–Trinajstić information content (AvgIpc) is 3.59. The van der Waals surface area contributed by atoms with Crippen molar-refractivity contribution < 1.29 is 19.1 Å². The van der Waals surface area contributed by atoms with E-state index in [-0.39, 0.29) is 23.8 Å². The lowest BCUT2D eigenvalue weighted by molar-refractivity contribution is -0.131. The maximum absolute atomic E-state index is 14.5. The van der Waals surface area contributed by atoms with Crippen LogP contribution in [0.4, 0.5) is 11.4 Å². The maximum atomic E-state index is 14.5. The zero-order chi connectivity index (χ0) is 28.9. The second kappa shape index (κ2) is 10.7. The van der Waals surface area contributed by atoms with Crippen LogP contribution in [0.15, 0.2) is 66.7 Å². The van der Waals surface area contributed by atoms with E-state index in [1.165, 1.54) is 44.1 Å². The van der Waals surface area contributed by atoms with Gasteiger partial charge in [0.2, 0.25) is 17.7 Å². The summed E-state index contributed by atoms with van der Waals surface area (Å²) in [6, 6.07) is 16.7. The molecule has 5 unspecified atom stereocenters. The fraction of sp³-hybridized carbons (Fsp3) is 0.514. The Morgan fingerprint density at radius 1 is 0.833 bits per heavy atom. The molecule has 5 aliphatic rings. The summed E-state index contributed by atoms with van der Waals surface area (Å²) in [5.74, 6) is -1.74. The molecule has 7 heteroatoms. The second-order valence-corrected chi connectivity index (χ2v) is 13.2. The first-order chi connectivity index (χ1) is 20.4. The Morgan fingerprint density at radius 3 is 2.19 bits per heavy atom. The molecule has 3 amide bonds. The van der Waals surface area contributed by atoms with Gasteiger partial charge in [0.1, 0.15) is 11.6 Å². The molecule has 2 aromatic carbocycles. The summed E-state index contributed by atoms with van der Waals surface area (Å²) in [6.45, 7) is 1.86. The molecule has 2 N–H and O–H groups in total. The molecule has 220 valence electrons. The Labute approximate surface area is 248 Å². The third-order valence-corrected chi connectivity index (χ3v) is 10.5. The Balaban J connectivity index is 1.24. The van der Waals surface area contributed by atoms with E-state index >= 15 is 0 Å². The van der Waals surface area contributed by atoms with Crippen molar-refractivity contribution in [3.05, 3.63) is 72.3 Å². The molecule has 7 nitrogen and oxygen atoms in total. The van der Waals surface area contributed by atoms with Gasteiger partial charge in [-0.1, -0.05) is 81.0 Å². The number of carbonyl (C=O) groups is 3. The van der Waals surface area contributed by atoms with Crippen LogP contribution in [-0.2, 0) is 19.1 Å². The van der Waals surface area contributed by atoms with E-state index in [0.29, 0.717) is 17.3 Å². The first kappa shape index (κ1) is 27.4. The molecule has 0 radical (unpaired) electrons. The molecule has 0 aromatic heterocycles. The SMILES string of the molecule is CC12C=CC3(O1)C(C(=O)N(c1ccc(C4CCCCC4)cc1)C3C(=O)NC1CCCCC1)C2C(=O)Nc1ccccc1. The number of benzene rings is 2. The highest BCUT2D eigenvalue weighted by Gasteiger charge is 2.76. The molecule has 5 atom stereocenters. The van der Waals surface area contributed by atoms with Crippen LogP contribution in [-0.4, -0.2) is 41.0 Å². The van der Waals surface area contributed by atoms with E-state index in [0.717, 1.165) is 25.7 Å². The van der Waals surface area contributed by atoms with Crippen molar-refractivity contribution >= 4 is 29.1 Å². The number of fused-ring (bicyclic) bond motifs is 1. The first-order valence-corrected chi connectivity index (χ1v) is 15.9. The standard InChI is InChI=1S/C35H41N3O4/c1-34-21-22-35(42-34)29(28(34)31(39)36-25-13-7-3-8-14-25)33(41)38(30(35)32(40)37-26-15-9-4-10-16-26)27-19-17-24(18-20-27)23-11-5-2-6-12-23/h3,7-8,13-14,17-23,26,28-30H,2,4-6,9-12,15-16H2,1H3,(H,36,39)(H,37,40). The molecule has 4 fully saturated rings. The minimum absolute atomic E-state index is 0.0858. The zero-order valence-electron chi connectivity index (χ0n) is 24.4. The van der Waals surface area contributed by atoms with Gasteiger partial charge in [-0.05, 0) is 68.4 Å². The van der Waals surface area contributed by atoms with Crippen molar-refractivity contribution in [3.8, 4) is 0 Å². The van der Waals surface area contributed by atoms with Crippen LogP contribution in [0.2, 0.25) is 0 Å². The molecule has 2 aromatic rings. The zero-order valence-corrected chi connectivity index (χ0v) is 24.4. The normalized spacial score (nSPS) is 32.6. The summed E-state index contributed by atoms with van der Waals surface area (Å²) in [5.41, 5.74) is 0.431. The number of carbonyl (C=O) groups excluding carboxylic acids is 3. The van der Waals surface area contributed by atoms with E-state index in [2.05, 4.69) is 22.8 Å². The van der Waals surface area contributed by atoms with E-state index in [1.54, 1.807) is 4.90 Å². The van der Waals surface area contributed by atoms with Crippen LogP contribution >= 0.6 is 0 Å². The van der Waals surface area contributed by atoms with Crippen LogP contribution in [0.3, 0.4) is 0 Å². The van der Waals surface area contributed by atoms with Crippen LogP contribution in [0.25, 0.3) is 0 Å². The van der Waals surface area contributed by atoms with Gasteiger partial charge in [0.25, 0.3) is 0 Å². The summed E-state index contributed by atoms with van der Waals surface area (Å²) in [5, 5.41) is 6.29. The van der Waals surface area contributed by atoms with Gasteiger partial charge in [-0.15, -0.1) is 0 Å². The molecule has 3 heterocycles. The van der Waals surface area contributed by atoms with Gasteiger partial charge in [0, 0.05) is 17.4 Å². The number of amides is 3. The Kier molecular flexibility index (Phi) is 6.96. The summed E-state index contributed by atoms with van der Waals surface area (Å²) in [6.07, 6.45) is 15.2. The fourth-order valence-electron chi connectivity index (χ4n) is 8.42. The number of nitrogens with zero attached hydrogens (tertiary/aromatic N) is 1. The first-order valence-electron chi connectivity index (χ1n) is 15.9. The topological polar surface area (TPSA) is 87.7 Å². The third kappa shape index (κ3) is 4.48. The summed E-state index contributed by atoms with van der Waals surface area (Å²) in [7, 11) is 0. The number of rotatable bonds is 6. The number of nitrogens with one attached hydrogen (secondary N) is 2. The lowest BCUT2D eigenvalue weighted by Gasteiger charge is -2.34. The predicted molar refractivity (Wildman–Crippen MR) is 162 cm³/mol. The van der Waals surface area contributed by atoms with Gasteiger partial charge in [0.05, 0.1) is 17.4 Å². The second-order valence-electron chi connectivity index (χ2n) is 13.2. The van der Waals surface area contributed by atoms with E-state index < -0.39 is 29.1 Å². The lowest BCUT2D eigenvalue weighted by atomic mass is 9.70. The maximum Gasteiger partial charge on any atom is 0.246 e. The van der Waals surface area contributed by atoms with Crippen molar-refractivity contribution in [1.29, 1.82) is 0 Å². The Morgan fingerprint density at radius 2 is 1.50 bits per heavy atom. The highest BCUT2D eigenvalue weighted by atomic mass is 16.5. The molecule has 2 aliphatic carbocycles. The molecular formula is C35H41N3O4. The number of hydrogen-bond acceptors (Lipinski definition) is 4. The summed E-state index contributed by atoms with van der Waals surface area (Å²) < 4.78 is 6.71. The minimum atomic E-state index is -1.22. The van der Waals surface area contributed by atoms with Gasteiger partial charge in [-0.2, -0.15) is 0 Å². The largest absolute Gasteiger partial charge is 0.356 e. The molecule has 2 saturated carbocycles. The van der Waals surface area contributed by atoms with Crippen molar-refractivity contribution in [3.63, 3.8) is 0 Å². The lowest BCUT2D eigenvalue weighted by Crippen LogP contribution is -2.56. The van der Waals surface area contributed by atoms with Gasteiger partial charge in [-0.25, -0.2) is 0 Å². The van der Waals surface area contributed by atoms with Crippen molar-refractivity contribution in [2.75, 3.05) is 10.2 Å². The predicted octanol–water partition coefficient (Wildman–Crippen LogP) is 5.87. The smallest absolute Gasteiger partial charge is 0.246 e. The van der Waals surface area contributed by atoms with E-state index in [4.69, 9.17) is 4.74 Å². The van der Waals surface area contributed by atoms with Gasteiger partial charge < -0.3 is 15.4 Å². The quantitative estimate of drug-likeness (QED) is 0.428. The number of ether oxygens (including phenoxy) is 1. The molecular weight excluding hydrogens is 526 g/mol. The molecule has 7 rings (SSSR count). The Bertz CT molecular complexity index is 1380. The van der Waals surface area contributed by atoms with E-state index in [1.807, 2.05) is 61.5 Å². The van der Waals surface area contributed by atoms with Crippen molar-refractivity contribution in [2.45, 2.75) is 100 Å². The highest BCUT2D eigenvalue weighted by molar-refractivity contribution is 6.11. The molecule has 1 spiro atoms. The molecule has 3 aliphatic heterocycles. The molecule has 2 saturated heterocycles. The van der Waals surface area contributed by atoms with Crippen LogP contribution in [0, 0.1) is 11.8 Å². The number of anilines is 2. The van der Waals surface area contributed by atoms with E-state index in [9.17, 15) is 14.4 Å². The number of para-hydroxylation sites is 1. The molecule has 42 heavy (non-hydrogen) atoms. The number of hydrogen-bond donors (Lipinski definition) is 2. The van der Waals surface area contributed by atoms with Crippen LogP contribution in [0.5, 0.6) is 0 Å². The van der Waals surface area contributed by atoms with Crippen molar-refractivity contribution in [2.24, 2.45) is 11.8 Å². The fourth-order valence-corrected chi connectivity index (χ4v) is 8.42. The highest BCUT2D eigenvalue weighted by Crippen LogP contribution is 2.60. The average molecular weight is 568 g/mol. The molecule has 2 bridgehead atoms. The van der Waals surface area contributed by atoms with Gasteiger partial charge in [0.15, 0.2) is 0 Å². The minimum Gasteiger partial charge on any atom is -0.356 e. The van der Waals surface area contributed by atoms with Crippen LogP contribution < -0.4 is 15.5 Å².